The first kappa shape index (κ1) is 18.9. The summed E-state index contributed by atoms with van der Waals surface area (Å²) in [5.41, 5.74) is 1.03. The molecule has 1 aromatic heterocycles. The van der Waals surface area contributed by atoms with Gasteiger partial charge in [0, 0.05) is 32.1 Å². The first-order valence-corrected chi connectivity index (χ1v) is 7.75. The lowest BCUT2D eigenvalue weighted by molar-refractivity contribution is 0.486. The molecule has 2 rings (SSSR count). The Morgan fingerprint density at radius 1 is 1.27 bits per heavy atom. The number of nitrogens with zero attached hydrogens (tertiary/aromatic N) is 2. The van der Waals surface area contributed by atoms with Crippen molar-refractivity contribution in [1.82, 2.24) is 10.2 Å². The Hall–Kier alpha value is -1.15. The lowest BCUT2D eigenvalue weighted by Crippen LogP contribution is -2.39. The molecule has 0 saturated heterocycles. The van der Waals surface area contributed by atoms with Crippen LogP contribution >= 0.6 is 35.3 Å². The largest absolute Gasteiger partial charge is 0.352 e. The molecule has 0 unspecified atom stereocenters. The maximum Gasteiger partial charge on any atom is 0.193 e. The number of hydrogen-bond donors (Lipinski definition) is 1. The number of rotatable bonds is 5. The van der Waals surface area contributed by atoms with E-state index in [0.29, 0.717) is 6.54 Å². The molecule has 1 aromatic carbocycles. The summed E-state index contributed by atoms with van der Waals surface area (Å²) in [6.07, 6.45) is 1.01. The summed E-state index contributed by atoms with van der Waals surface area (Å²) in [6, 6.07) is 10.7. The Morgan fingerprint density at radius 2 is 2.00 bits per heavy atom. The molecule has 6 heteroatoms. The maximum atomic E-state index is 12.9. The van der Waals surface area contributed by atoms with Crippen LogP contribution in [0.2, 0.25) is 0 Å². The minimum atomic E-state index is -0.212. The Balaban J connectivity index is 0.00000242. The normalized spacial score (nSPS) is 11.0. The molecule has 0 spiro atoms. The first-order valence-electron chi connectivity index (χ1n) is 6.87. The van der Waals surface area contributed by atoms with Crippen molar-refractivity contribution in [2.24, 2.45) is 4.99 Å². The van der Waals surface area contributed by atoms with E-state index >= 15 is 0 Å². The molecule has 0 fully saturated rings. The van der Waals surface area contributed by atoms with Crippen molar-refractivity contribution in [1.29, 1.82) is 0 Å². The van der Waals surface area contributed by atoms with E-state index < -0.39 is 0 Å². The van der Waals surface area contributed by atoms with Crippen LogP contribution in [0.5, 0.6) is 0 Å². The monoisotopic (exact) mass is 433 g/mol. The van der Waals surface area contributed by atoms with Crippen molar-refractivity contribution >= 4 is 41.3 Å². The van der Waals surface area contributed by atoms with Crippen LogP contribution < -0.4 is 5.32 Å². The first-order chi connectivity index (χ1) is 10.2. The Kier molecular flexibility index (Phi) is 8.40. The molecule has 22 heavy (non-hydrogen) atoms. The van der Waals surface area contributed by atoms with Gasteiger partial charge in [0.25, 0.3) is 0 Å². The predicted molar refractivity (Wildman–Crippen MR) is 103 cm³/mol. The highest BCUT2D eigenvalue weighted by molar-refractivity contribution is 14.0. The summed E-state index contributed by atoms with van der Waals surface area (Å²) in [7, 11) is 3.79. The van der Waals surface area contributed by atoms with Crippen molar-refractivity contribution in [2.75, 3.05) is 20.6 Å². The molecule has 0 bridgehead atoms. The minimum Gasteiger partial charge on any atom is -0.352 e. The standard InChI is InChI=1S/C16H20FN3S.HI/c1-18-16(19-12-13-5-7-14(17)8-6-13)20(2)10-9-15-4-3-11-21-15;/h3-8,11H,9-10,12H2,1-2H3,(H,18,19);1H. The van der Waals surface area contributed by atoms with E-state index in [9.17, 15) is 4.39 Å². The summed E-state index contributed by atoms with van der Waals surface area (Å²) >= 11 is 1.77. The summed E-state index contributed by atoms with van der Waals surface area (Å²) in [5, 5.41) is 5.39. The molecule has 120 valence electrons. The highest BCUT2D eigenvalue weighted by atomic mass is 127. The molecule has 3 nitrogen and oxygen atoms in total. The zero-order valence-corrected chi connectivity index (χ0v) is 15.9. The van der Waals surface area contributed by atoms with E-state index in [0.717, 1.165) is 24.5 Å². The fourth-order valence-corrected chi connectivity index (χ4v) is 2.70. The van der Waals surface area contributed by atoms with Crippen LogP contribution in [0.15, 0.2) is 46.8 Å². The zero-order chi connectivity index (χ0) is 15.1. The van der Waals surface area contributed by atoms with E-state index in [1.165, 1.54) is 17.0 Å². The van der Waals surface area contributed by atoms with Crippen LogP contribution in [-0.2, 0) is 13.0 Å². The fraction of sp³-hybridized carbons (Fsp3) is 0.312. The van der Waals surface area contributed by atoms with Crippen molar-refractivity contribution in [3.8, 4) is 0 Å². The molecule has 0 saturated carbocycles. The molecule has 0 aliphatic rings. The van der Waals surface area contributed by atoms with Gasteiger partial charge in [-0.2, -0.15) is 0 Å². The molecule has 0 aliphatic heterocycles. The van der Waals surface area contributed by atoms with Gasteiger partial charge in [-0.1, -0.05) is 18.2 Å². The molecule has 0 atom stereocenters. The van der Waals surface area contributed by atoms with Gasteiger partial charge in [-0.05, 0) is 35.6 Å². The van der Waals surface area contributed by atoms with E-state index in [1.807, 2.05) is 7.05 Å². The van der Waals surface area contributed by atoms with Gasteiger partial charge < -0.3 is 10.2 Å². The van der Waals surface area contributed by atoms with Gasteiger partial charge in [0.15, 0.2) is 5.96 Å². The van der Waals surface area contributed by atoms with Gasteiger partial charge in [0.05, 0.1) is 0 Å². The summed E-state index contributed by atoms with van der Waals surface area (Å²) in [6.45, 7) is 1.54. The average Bonchev–Trinajstić information content (AvgIpc) is 3.01. The lowest BCUT2D eigenvalue weighted by atomic mass is 10.2. The average molecular weight is 433 g/mol. The molecular formula is C16H21FIN3S. The van der Waals surface area contributed by atoms with Crippen molar-refractivity contribution in [3.63, 3.8) is 0 Å². The smallest absolute Gasteiger partial charge is 0.193 e. The van der Waals surface area contributed by atoms with E-state index in [1.54, 1.807) is 30.5 Å². The third-order valence-electron chi connectivity index (χ3n) is 3.21. The van der Waals surface area contributed by atoms with Gasteiger partial charge in [-0.25, -0.2) is 4.39 Å². The number of likely N-dealkylation sites (N-methyl/N-ethyl adjacent to an activating group) is 1. The Bertz CT molecular complexity index is 570. The number of guanidine groups is 1. The third kappa shape index (κ3) is 5.92. The number of nitrogens with one attached hydrogen (secondary N) is 1. The number of thiophene rings is 1. The van der Waals surface area contributed by atoms with E-state index in [-0.39, 0.29) is 29.8 Å². The molecule has 1 heterocycles. The van der Waals surface area contributed by atoms with Gasteiger partial charge >= 0.3 is 0 Å². The van der Waals surface area contributed by atoms with Crippen LogP contribution in [0.3, 0.4) is 0 Å². The summed E-state index contributed by atoms with van der Waals surface area (Å²) < 4.78 is 12.9. The Labute approximate surface area is 152 Å². The van der Waals surface area contributed by atoms with E-state index in [4.69, 9.17) is 0 Å². The highest BCUT2D eigenvalue weighted by Crippen LogP contribution is 2.09. The SMILES string of the molecule is CN=C(NCc1ccc(F)cc1)N(C)CCc1cccs1.I. The third-order valence-corrected chi connectivity index (χ3v) is 4.15. The van der Waals surface area contributed by atoms with E-state index in [2.05, 4.69) is 32.7 Å². The number of hydrogen-bond acceptors (Lipinski definition) is 2. The highest BCUT2D eigenvalue weighted by Gasteiger charge is 2.06. The second kappa shape index (κ2) is 9.78. The van der Waals surface area contributed by atoms with Gasteiger partial charge in [-0.15, -0.1) is 35.3 Å². The topological polar surface area (TPSA) is 27.6 Å². The second-order valence-electron chi connectivity index (χ2n) is 4.78. The van der Waals surface area contributed by atoms with Crippen LogP contribution in [0.4, 0.5) is 4.39 Å². The zero-order valence-electron chi connectivity index (χ0n) is 12.8. The van der Waals surface area contributed by atoms with Crippen LogP contribution in [0.1, 0.15) is 10.4 Å². The quantitative estimate of drug-likeness (QED) is 0.442. The van der Waals surface area contributed by atoms with Crippen LogP contribution in [0, 0.1) is 5.82 Å². The number of benzene rings is 1. The van der Waals surface area contributed by atoms with Crippen LogP contribution in [-0.4, -0.2) is 31.5 Å². The van der Waals surface area contributed by atoms with Gasteiger partial charge in [-0.3, -0.25) is 4.99 Å². The van der Waals surface area contributed by atoms with Crippen LogP contribution in [0.25, 0.3) is 0 Å². The summed E-state index contributed by atoms with van der Waals surface area (Å²) in [4.78, 5) is 7.75. The van der Waals surface area contributed by atoms with Crippen molar-refractivity contribution < 1.29 is 4.39 Å². The predicted octanol–water partition coefficient (Wildman–Crippen LogP) is 3.76. The van der Waals surface area contributed by atoms with Crippen molar-refractivity contribution in [3.05, 3.63) is 58.0 Å². The van der Waals surface area contributed by atoms with Gasteiger partial charge in [0.2, 0.25) is 0 Å². The minimum absolute atomic E-state index is 0. The van der Waals surface area contributed by atoms with Crippen molar-refractivity contribution in [2.45, 2.75) is 13.0 Å². The molecule has 2 aromatic rings. The second-order valence-corrected chi connectivity index (χ2v) is 5.81. The molecule has 0 radical (unpaired) electrons. The Morgan fingerprint density at radius 3 is 2.59 bits per heavy atom. The molecule has 0 amide bonds. The molecule has 1 N–H and O–H groups in total. The lowest BCUT2D eigenvalue weighted by Gasteiger charge is -2.21. The summed E-state index contributed by atoms with van der Waals surface area (Å²) in [5.74, 6) is 0.632. The molecular weight excluding hydrogens is 412 g/mol. The molecule has 0 aliphatic carbocycles. The number of aliphatic imine (C=N–C) groups is 1. The van der Waals surface area contributed by atoms with Gasteiger partial charge in [0.1, 0.15) is 5.82 Å². The fourth-order valence-electron chi connectivity index (χ4n) is 2.01. The number of halogens is 2. The maximum absolute atomic E-state index is 12.9.